The number of carbonyl (C=O) groups is 1. The Labute approximate surface area is 201 Å². The third-order valence-corrected chi connectivity index (χ3v) is 5.38. The Morgan fingerprint density at radius 1 is 1.11 bits per heavy atom. The Morgan fingerprint density at radius 2 is 1.83 bits per heavy atom. The Hall–Kier alpha value is -4.46. The quantitative estimate of drug-likeness (QED) is 0.231. The first-order valence-electron chi connectivity index (χ1n) is 11.0. The summed E-state index contributed by atoms with van der Waals surface area (Å²) < 4.78 is 11.5. The van der Waals surface area contributed by atoms with Gasteiger partial charge >= 0.3 is 11.7 Å². The van der Waals surface area contributed by atoms with Crippen molar-refractivity contribution in [2.24, 2.45) is 0 Å². The fourth-order valence-electron chi connectivity index (χ4n) is 3.57. The summed E-state index contributed by atoms with van der Waals surface area (Å²) in [6.45, 7) is 6.29. The first-order chi connectivity index (χ1) is 16.6. The zero-order chi connectivity index (χ0) is 25.2. The van der Waals surface area contributed by atoms with E-state index in [1.54, 1.807) is 42.5 Å². The molecule has 0 amide bonds. The molecule has 0 aliphatic carbocycles. The molecule has 1 N–H and O–H groups in total. The summed E-state index contributed by atoms with van der Waals surface area (Å²) in [5.74, 6) is -0.373. The molecule has 178 valence electrons. The number of nitro groups is 1. The lowest BCUT2D eigenvalue weighted by Gasteiger charge is -2.19. The van der Waals surface area contributed by atoms with Crippen molar-refractivity contribution in [2.45, 2.75) is 32.6 Å². The molecular formula is C27H24N2O6. The van der Waals surface area contributed by atoms with E-state index >= 15 is 0 Å². The summed E-state index contributed by atoms with van der Waals surface area (Å²) in [4.78, 5) is 27.1. The molecular weight excluding hydrogens is 448 g/mol. The molecule has 8 nitrogen and oxygen atoms in total. The van der Waals surface area contributed by atoms with E-state index in [2.05, 4.69) is 25.8 Å². The van der Waals surface area contributed by atoms with Gasteiger partial charge in [0.1, 0.15) is 11.3 Å². The highest BCUT2D eigenvalue weighted by Gasteiger charge is 2.19. The van der Waals surface area contributed by atoms with Gasteiger partial charge in [0.2, 0.25) is 11.6 Å². The molecule has 4 rings (SSSR count). The maximum atomic E-state index is 11.8. The van der Waals surface area contributed by atoms with Gasteiger partial charge in [-0.2, -0.15) is 0 Å². The van der Waals surface area contributed by atoms with Crippen LogP contribution in [0.5, 0.6) is 11.5 Å². The zero-order valence-electron chi connectivity index (χ0n) is 19.5. The maximum Gasteiger partial charge on any atom is 0.312 e. The molecule has 8 heteroatoms. The highest BCUT2D eigenvalue weighted by atomic mass is 16.6. The van der Waals surface area contributed by atoms with Crippen LogP contribution in [0.3, 0.4) is 0 Å². The van der Waals surface area contributed by atoms with Crippen LogP contribution in [-0.2, 0) is 10.2 Å². The summed E-state index contributed by atoms with van der Waals surface area (Å²) in [6.07, 6.45) is 1.16. The van der Waals surface area contributed by atoms with Gasteiger partial charge in [-0.25, -0.2) is 4.98 Å². The summed E-state index contributed by atoms with van der Waals surface area (Å²) >= 11 is 0. The van der Waals surface area contributed by atoms with E-state index in [4.69, 9.17) is 9.15 Å². The molecule has 35 heavy (non-hydrogen) atoms. The van der Waals surface area contributed by atoms with Gasteiger partial charge in [-0.3, -0.25) is 14.9 Å². The molecule has 0 unspecified atom stereocenters. The lowest BCUT2D eigenvalue weighted by Crippen LogP contribution is -2.10. The zero-order valence-corrected chi connectivity index (χ0v) is 19.5. The molecule has 1 aromatic heterocycles. The van der Waals surface area contributed by atoms with E-state index < -0.39 is 10.9 Å². The number of oxazole rings is 1. The van der Waals surface area contributed by atoms with Gasteiger partial charge in [0.05, 0.1) is 11.3 Å². The highest BCUT2D eigenvalue weighted by molar-refractivity contribution is 5.91. The number of carboxylic acid groups (broad SMARTS) is 1. The molecule has 0 aliphatic heterocycles. The van der Waals surface area contributed by atoms with Crippen molar-refractivity contribution in [1.29, 1.82) is 0 Å². The maximum absolute atomic E-state index is 11.8. The smallest absolute Gasteiger partial charge is 0.312 e. The summed E-state index contributed by atoms with van der Waals surface area (Å²) in [7, 11) is 0. The van der Waals surface area contributed by atoms with E-state index in [1.807, 2.05) is 12.1 Å². The van der Waals surface area contributed by atoms with E-state index in [9.17, 15) is 20.0 Å². The molecule has 0 aliphatic rings. The minimum Gasteiger partial charge on any atom is -0.481 e. The average molecular weight is 472 g/mol. The molecule has 1 heterocycles. The molecule has 0 fully saturated rings. The van der Waals surface area contributed by atoms with Crippen molar-refractivity contribution >= 4 is 34.4 Å². The number of para-hydroxylation sites is 2. The Bertz CT molecular complexity index is 1400. The molecule has 0 saturated heterocycles. The van der Waals surface area contributed by atoms with Crippen LogP contribution in [0.25, 0.3) is 22.7 Å². The van der Waals surface area contributed by atoms with Crippen LogP contribution in [0.15, 0.2) is 71.1 Å². The lowest BCUT2D eigenvalue weighted by molar-refractivity contribution is -0.385. The minimum atomic E-state index is -1.08. The monoisotopic (exact) mass is 472 g/mol. The lowest BCUT2D eigenvalue weighted by atomic mass is 9.87. The van der Waals surface area contributed by atoms with Crippen molar-refractivity contribution in [3.05, 3.63) is 93.9 Å². The second kappa shape index (κ2) is 9.42. The Kier molecular flexibility index (Phi) is 6.38. The third kappa shape index (κ3) is 5.55. The van der Waals surface area contributed by atoms with E-state index in [0.29, 0.717) is 22.4 Å². The Morgan fingerprint density at radius 3 is 2.46 bits per heavy atom. The van der Waals surface area contributed by atoms with Gasteiger partial charge in [0.15, 0.2) is 5.58 Å². The van der Waals surface area contributed by atoms with Crippen molar-refractivity contribution in [2.75, 3.05) is 0 Å². The van der Waals surface area contributed by atoms with Crippen molar-refractivity contribution in [1.82, 2.24) is 4.98 Å². The predicted octanol–water partition coefficient (Wildman–Crippen LogP) is 6.84. The van der Waals surface area contributed by atoms with E-state index in [1.165, 1.54) is 18.2 Å². The van der Waals surface area contributed by atoms with Gasteiger partial charge in [-0.1, -0.05) is 51.1 Å². The van der Waals surface area contributed by atoms with E-state index in [0.717, 1.165) is 5.56 Å². The Balaban J connectivity index is 1.68. The number of nitrogens with zero attached hydrogens (tertiary/aromatic N) is 2. The van der Waals surface area contributed by atoms with Gasteiger partial charge in [0, 0.05) is 11.6 Å². The molecule has 0 bridgehead atoms. The largest absolute Gasteiger partial charge is 0.481 e. The number of aliphatic carboxylic acids is 1. The molecule has 0 radical (unpaired) electrons. The highest BCUT2D eigenvalue weighted by Crippen LogP contribution is 2.35. The van der Waals surface area contributed by atoms with Crippen LogP contribution in [-0.4, -0.2) is 21.0 Å². The van der Waals surface area contributed by atoms with Crippen LogP contribution in [0.4, 0.5) is 5.69 Å². The van der Waals surface area contributed by atoms with Crippen LogP contribution in [0.1, 0.15) is 44.2 Å². The number of rotatable bonds is 7. The number of aromatic nitrogens is 1. The minimum absolute atomic E-state index is 0.0269. The number of benzene rings is 3. The summed E-state index contributed by atoms with van der Waals surface area (Å²) in [6, 6.07) is 18.9. The number of carboxylic acids is 1. The normalized spacial score (nSPS) is 12.0. The second-order valence-electron chi connectivity index (χ2n) is 9.09. The first-order valence-corrected chi connectivity index (χ1v) is 11.0. The summed E-state index contributed by atoms with van der Waals surface area (Å²) in [5, 5.41) is 21.2. The van der Waals surface area contributed by atoms with Crippen LogP contribution >= 0.6 is 0 Å². The van der Waals surface area contributed by atoms with E-state index in [-0.39, 0.29) is 34.7 Å². The van der Waals surface area contributed by atoms with Gasteiger partial charge in [-0.15, -0.1) is 0 Å². The number of fused-ring (bicyclic) bond motifs is 1. The third-order valence-electron chi connectivity index (χ3n) is 5.38. The molecule has 0 atom stereocenters. The van der Waals surface area contributed by atoms with Gasteiger partial charge in [-0.05, 0) is 52.9 Å². The SMILES string of the molecule is CC(C)(C)c1ccc(Oc2ccc(/C=C(\CC(=O)O)c3nc4ccccc4o3)cc2[N+](=O)[O-])cc1. The van der Waals surface area contributed by atoms with Crippen LogP contribution in [0.2, 0.25) is 0 Å². The summed E-state index contributed by atoms with van der Waals surface area (Å²) in [5.41, 5.74) is 2.66. The molecule has 0 saturated carbocycles. The number of ether oxygens (including phenoxy) is 1. The van der Waals surface area contributed by atoms with Crippen molar-refractivity contribution < 1.29 is 24.0 Å². The van der Waals surface area contributed by atoms with Crippen LogP contribution in [0, 0.1) is 10.1 Å². The molecule has 4 aromatic rings. The van der Waals surface area contributed by atoms with Gasteiger partial charge < -0.3 is 14.3 Å². The van der Waals surface area contributed by atoms with Crippen molar-refractivity contribution in [3.63, 3.8) is 0 Å². The fraction of sp³-hybridized carbons (Fsp3) is 0.185. The number of hydrogen-bond donors (Lipinski definition) is 1. The van der Waals surface area contributed by atoms with Crippen LogP contribution < -0.4 is 4.74 Å². The van der Waals surface area contributed by atoms with Crippen molar-refractivity contribution in [3.8, 4) is 11.5 Å². The molecule has 3 aromatic carbocycles. The fourth-order valence-corrected chi connectivity index (χ4v) is 3.57. The first kappa shape index (κ1) is 23.7. The average Bonchev–Trinajstić information content (AvgIpc) is 3.23. The number of nitro benzene ring substituents is 1. The predicted molar refractivity (Wildman–Crippen MR) is 132 cm³/mol. The number of hydrogen-bond acceptors (Lipinski definition) is 6. The standard InChI is InChI=1S/C27H24N2O6/c1-27(2,3)19-9-11-20(12-10-19)34-24-13-8-17(15-22(24)29(32)33)14-18(16-25(30)31)26-28-21-6-4-5-7-23(21)35-26/h4-15H,16H2,1-3H3,(H,30,31)/b18-14+. The van der Waals surface area contributed by atoms with Gasteiger partial charge in [0.25, 0.3) is 0 Å². The second-order valence-corrected chi connectivity index (χ2v) is 9.09. The topological polar surface area (TPSA) is 116 Å². The molecule has 0 spiro atoms.